The van der Waals surface area contributed by atoms with E-state index in [1.807, 2.05) is 6.07 Å². The summed E-state index contributed by atoms with van der Waals surface area (Å²) in [5.74, 6) is -0.228. The van der Waals surface area contributed by atoms with Crippen LogP contribution in [-0.2, 0) is 16.6 Å². The molecule has 0 saturated carbocycles. The van der Waals surface area contributed by atoms with Crippen LogP contribution in [0.1, 0.15) is 11.1 Å². The maximum absolute atomic E-state index is 13.0. The number of hydrogen-bond acceptors (Lipinski definition) is 2. The smallest absolute Gasteiger partial charge is 0.141 e. The molecule has 0 amide bonds. The highest BCUT2D eigenvalue weighted by Gasteiger charge is 2.08. The maximum Gasteiger partial charge on any atom is 0.141 e. The van der Waals surface area contributed by atoms with Gasteiger partial charge in [-0.3, -0.25) is 4.21 Å². The highest BCUT2D eigenvalue weighted by Crippen LogP contribution is 2.20. The minimum Gasteiger partial charge on any atom is -0.254 e. The number of halogens is 2. The fourth-order valence-corrected chi connectivity index (χ4v) is 2.90. The second-order valence-corrected chi connectivity index (χ2v) is 5.73. The lowest BCUT2D eigenvalue weighted by Crippen LogP contribution is -1.97. The molecular weight excluding hydrogens is 285 g/mol. The van der Waals surface area contributed by atoms with Crippen molar-refractivity contribution in [3.05, 3.63) is 64.4 Å². The molecule has 0 bridgehead atoms. The highest BCUT2D eigenvalue weighted by molar-refractivity contribution is 7.84. The zero-order chi connectivity index (χ0) is 13.8. The third-order valence-electron chi connectivity index (χ3n) is 2.53. The van der Waals surface area contributed by atoms with Crippen molar-refractivity contribution in [3.63, 3.8) is 0 Å². The molecule has 0 aromatic heterocycles. The molecule has 0 aliphatic carbocycles. The molecule has 0 aliphatic heterocycles. The first-order valence-electron chi connectivity index (χ1n) is 5.42. The van der Waals surface area contributed by atoms with E-state index in [-0.39, 0.29) is 5.02 Å². The van der Waals surface area contributed by atoms with E-state index >= 15 is 0 Å². The van der Waals surface area contributed by atoms with Crippen LogP contribution in [0.3, 0.4) is 0 Å². The average Bonchev–Trinajstić information content (AvgIpc) is 2.42. The Morgan fingerprint density at radius 3 is 2.47 bits per heavy atom. The fourth-order valence-electron chi connectivity index (χ4n) is 1.53. The first-order chi connectivity index (χ1) is 9.10. The Hall–Kier alpha value is -1.70. The molecule has 0 fully saturated rings. The van der Waals surface area contributed by atoms with Crippen molar-refractivity contribution < 1.29 is 8.60 Å². The molecule has 2 aromatic rings. The van der Waals surface area contributed by atoms with Gasteiger partial charge in [-0.05, 0) is 35.9 Å². The summed E-state index contributed by atoms with van der Waals surface area (Å²) >= 11 is 5.65. The quantitative estimate of drug-likeness (QED) is 0.866. The zero-order valence-electron chi connectivity index (χ0n) is 9.77. The van der Waals surface area contributed by atoms with E-state index in [0.717, 1.165) is 5.56 Å². The van der Waals surface area contributed by atoms with Gasteiger partial charge in [-0.2, -0.15) is 5.26 Å². The standard InChI is InChI=1S/C14H9ClFNOS/c15-13-7-12(5-6-14(13)16)19(18)9-11-3-1-10(8-17)2-4-11/h1-7H,9H2. The Labute approximate surface area is 117 Å². The lowest BCUT2D eigenvalue weighted by molar-refractivity contribution is 0.626. The van der Waals surface area contributed by atoms with Crippen LogP contribution < -0.4 is 0 Å². The summed E-state index contributed by atoms with van der Waals surface area (Å²) in [6.45, 7) is 0. The van der Waals surface area contributed by atoms with Gasteiger partial charge in [-0.25, -0.2) is 4.39 Å². The van der Waals surface area contributed by atoms with Crippen LogP contribution in [0.2, 0.25) is 5.02 Å². The minimum absolute atomic E-state index is 0.0364. The summed E-state index contributed by atoms with van der Waals surface area (Å²) in [5, 5.41) is 8.65. The summed E-state index contributed by atoms with van der Waals surface area (Å²) < 4.78 is 25.1. The van der Waals surface area contributed by atoms with Gasteiger partial charge in [0.2, 0.25) is 0 Å². The summed E-state index contributed by atoms with van der Waals surface area (Å²) in [4.78, 5) is 0.482. The van der Waals surface area contributed by atoms with E-state index < -0.39 is 16.6 Å². The molecule has 1 atom stereocenters. The number of nitrogens with zero attached hydrogens (tertiary/aromatic N) is 1. The molecule has 5 heteroatoms. The van der Waals surface area contributed by atoms with Crippen molar-refractivity contribution >= 4 is 22.4 Å². The summed E-state index contributed by atoms with van der Waals surface area (Å²) in [6, 6.07) is 12.9. The number of benzene rings is 2. The third-order valence-corrected chi connectivity index (χ3v) is 4.20. The molecule has 0 N–H and O–H groups in total. The van der Waals surface area contributed by atoms with Crippen LogP contribution >= 0.6 is 11.6 Å². The largest absolute Gasteiger partial charge is 0.254 e. The lowest BCUT2D eigenvalue weighted by atomic mass is 10.2. The van der Waals surface area contributed by atoms with Crippen LogP contribution in [0.4, 0.5) is 4.39 Å². The Morgan fingerprint density at radius 1 is 1.21 bits per heavy atom. The molecule has 1 unspecified atom stereocenters. The van der Waals surface area contributed by atoms with Crippen molar-refractivity contribution in [2.75, 3.05) is 0 Å². The van der Waals surface area contributed by atoms with Gasteiger partial charge in [0, 0.05) is 4.90 Å². The van der Waals surface area contributed by atoms with Crippen LogP contribution in [0.5, 0.6) is 0 Å². The van der Waals surface area contributed by atoms with Crippen LogP contribution in [0.15, 0.2) is 47.4 Å². The average molecular weight is 294 g/mol. The Kier molecular flexibility index (Phi) is 4.31. The van der Waals surface area contributed by atoms with Crippen LogP contribution in [0.25, 0.3) is 0 Å². The van der Waals surface area contributed by atoms with E-state index in [0.29, 0.717) is 16.2 Å². The maximum atomic E-state index is 13.0. The second kappa shape index (κ2) is 5.96. The predicted octanol–water partition coefficient (Wildman–Crippen LogP) is 3.66. The molecule has 2 rings (SSSR count). The summed E-state index contributed by atoms with van der Waals surface area (Å²) in [6.07, 6.45) is 0. The van der Waals surface area contributed by atoms with Gasteiger partial charge in [0.05, 0.1) is 33.2 Å². The van der Waals surface area contributed by atoms with Crippen molar-refractivity contribution in [1.29, 1.82) is 5.26 Å². The van der Waals surface area contributed by atoms with Crippen molar-refractivity contribution in [2.45, 2.75) is 10.6 Å². The number of rotatable bonds is 3. The predicted molar refractivity (Wildman–Crippen MR) is 72.7 cm³/mol. The summed E-state index contributed by atoms with van der Waals surface area (Å²) in [7, 11) is -1.30. The zero-order valence-corrected chi connectivity index (χ0v) is 11.3. The molecule has 2 nitrogen and oxygen atoms in total. The molecular formula is C14H9ClFNOS. The van der Waals surface area contributed by atoms with E-state index in [1.54, 1.807) is 24.3 Å². The third kappa shape index (κ3) is 3.40. The Bertz CT molecular complexity index is 664. The topological polar surface area (TPSA) is 40.9 Å². The van der Waals surface area contributed by atoms with Crippen LogP contribution in [0, 0.1) is 17.1 Å². The first-order valence-corrected chi connectivity index (χ1v) is 7.12. The minimum atomic E-state index is -1.30. The van der Waals surface area contributed by atoms with Gasteiger partial charge in [0.1, 0.15) is 5.82 Å². The number of nitriles is 1. The second-order valence-electron chi connectivity index (χ2n) is 3.87. The SMILES string of the molecule is N#Cc1ccc(CS(=O)c2ccc(F)c(Cl)c2)cc1. The summed E-state index contributed by atoms with van der Waals surface area (Å²) in [5.41, 5.74) is 1.40. The van der Waals surface area contributed by atoms with E-state index in [1.165, 1.54) is 18.2 Å². The van der Waals surface area contributed by atoms with Crippen LogP contribution in [-0.4, -0.2) is 4.21 Å². The molecule has 96 valence electrons. The van der Waals surface area contributed by atoms with Crippen molar-refractivity contribution in [3.8, 4) is 6.07 Å². The van der Waals surface area contributed by atoms with Crippen molar-refractivity contribution in [1.82, 2.24) is 0 Å². The molecule has 19 heavy (non-hydrogen) atoms. The number of hydrogen-bond donors (Lipinski definition) is 0. The first kappa shape index (κ1) is 13.7. The van der Waals surface area contributed by atoms with Gasteiger partial charge in [-0.1, -0.05) is 23.7 Å². The van der Waals surface area contributed by atoms with E-state index in [4.69, 9.17) is 16.9 Å². The normalized spacial score (nSPS) is 11.8. The van der Waals surface area contributed by atoms with Gasteiger partial charge < -0.3 is 0 Å². The molecule has 0 aliphatic rings. The highest BCUT2D eigenvalue weighted by atomic mass is 35.5. The van der Waals surface area contributed by atoms with E-state index in [9.17, 15) is 8.60 Å². The van der Waals surface area contributed by atoms with Crippen molar-refractivity contribution in [2.24, 2.45) is 0 Å². The molecule has 0 saturated heterocycles. The van der Waals surface area contributed by atoms with Gasteiger partial charge >= 0.3 is 0 Å². The van der Waals surface area contributed by atoms with Gasteiger partial charge in [0.15, 0.2) is 0 Å². The lowest BCUT2D eigenvalue weighted by Gasteiger charge is -2.04. The molecule has 2 aromatic carbocycles. The molecule has 0 heterocycles. The Balaban J connectivity index is 2.16. The fraction of sp³-hybridized carbons (Fsp3) is 0.0714. The Morgan fingerprint density at radius 2 is 1.89 bits per heavy atom. The molecule has 0 spiro atoms. The monoisotopic (exact) mass is 293 g/mol. The molecule has 0 radical (unpaired) electrons. The van der Waals surface area contributed by atoms with Gasteiger partial charge in [0.25, 0.3) is 0 Å². The van der Waals surface area contributed by atoms with E-state index in [2.05, 4.69) is 0 Å². The van der Waals surface area contributed by atoms with Gasteiger partial charge in [-0.15, -0.1) is 0 Å².